The zero-order valence-corrected chi connectivity index (χ0v) is 10.9. The lowest BCUT2D eigenvalue weighted by Gasteiger charge is -2.29. The topological polar surface area (TPSA) is 21.3 Å². The molecular formula is C14H27NO. The lowest BCUT2D eigenvalue weighted by molar-refractivity contribution is 0.168. The summed E-state index contributed by atoms with van der Waals surface area (Å²) in [7, 11) is 1.81. The van der Waals surface area contributed by atoms with Crippen LogP contribution in [0, 0.1) is 11.3 Å². The summed E-state index contributed by atoms with van der Waals surface area (Å²) in [5.74, 6) is 0.931. The van der Waals surface area contributed by atoms with E-state index in [2.05, 4.69) is 12.2 Å². The molecule has 2 fully saturated rings. The number of rotatable bonds is 6. The third-order valence-corrected chi connectivity index (χ3v) is 4.50. The van der Waals surface area contributed by atoms with Crippen LogP contribution in [0.15, 0.2) is 0 Å². The van der Waals surface area contributed by atoms with Crippen molar-refractivity contribution in [3.05, 3.63) is 0 Å². The second-order valence-corrected chi connectivity index (χ2v) is 6.09. The first-order valence-electron chi connectivity index (χ1n) is 6.96. The molecule has 0 bridgehead atoms. The van der Waals surface area contributed by atoms with Gasteiger partial charge in [-0.2, -0.15) is 0 Å². The van der Waals surface area contributed by atoms with Gasteiger partial charge in [-0.25, -0.2) is 0 Å². The Kier molecular flexibility index (Phi) is 4.26. The van der Waals surface area contributed by atoms with Crippen molar-refractivity contribution >= 4 is 0 Å². The third kappa shape index (κ3) is 3.46. The van der Waals surface area contributed by atoms with E-state index in [1.165, 1.54) is 51.5 Å². The van der Waals surface area contributed by atoms with Gasteiger partial charge in [0, 0.05) is 26.3 Å². The van der Waals surface area contributed by atoms with Crippen molar-refractivity contribution in [3.8, 4) is 0 Å². The molecule has 1 N–H and O–H groups in total. The predicted octanol–water partition coefficient (Wildman–Crippen LogP) is 2.97. The molecule has 94 valence electrons. The molecule has 0 aromatic rings. The van der Waals surface area contributed by atoms with Crippen LogP contribution in [0.1, 0.15) is 51.9 Å². The maximum absolute atomic E-state index is 5.20. The summed E-state index contributed by atoms with van der Waals surface area (Å²) in [5, 5.41) is 3.81. The smallest absolute Gasteiger partial charge is 0.0468 e. The van der Waals surface area contributed by atoms with Gasteiger partial charge in [0.05, 0.1) is 0 Å². The molecule has 2 rings (SSSR count). The summed E-state index contributed by atoms with van der Waals surface area (Å²) >= 11 is 0. The molecule has 0 aliphatic heterocycles. The zero-order valence-electron chi connectivity index (χ0n) is 10.9. The minimum absolute atomic E-state index is 0.608. The first-order valence-corrected chi connectivity index (χ1v) is 6.96. The van der Waals surface area contributed by atoms with Crippen LogP contribution in [-0.4, -0.2) is 26.3 Å². The van der Waals surface area contributed by atoms with Crippen LogP contribution in [-0.2, 0) is 4.74 Å². The summed E-state index contributed by atoms with van der Waals surface area (Å²) < 4.78 is 5.20. The highest BCUT2D eigenvalue weighted by Crippen LogP contribution is 2.48. The molecule has 2 nitrogen and oxygen atoms in total. The monoisotopic (exact) mass is 225 g/mol. The summed E-state index contributed by atoms with van der Waals surface area (Å²) in [5.41, 5.74) is 0.608. The van der Waals surface area contributed by atoms with Crippen LogP contribution in [0.5, 0.6) is 0 Å². The molecule has 2 aliphatic rings. The Hall–Kier alpha value is -0.0800. The Morgan fingerprint density at radius 2 is 2.12 bits per heavy atom. The zero-order chi connectivity index (χ0) is 11.4. The quantitative estimate of drug-likeness (QED) is 0.750. The maximum atomic E-state index is 5.20. The van der Waals surface area contributed by atoms with E-state index < -0.39 is 0 Å². The molecule has 0 saturated heterocycles. The van der Waals surface area contributed by atoms with Crippen molar-refractivity contribution in [2.75, 3.05) is 20.3 Å². The average molecular weight is 225 g/mol. The van der Waals surface area contributed by atoms with Gasteiger partial charge in [-0.1, -0.05) is 19.8 Å². The number of hydrogen-bond donors (Lipinski definition) is 1. The number of ether oxygens (including phenoxy) is 1. The highest BCUT2D eigenvalue weighted by molar-refractivity contribution is 4.95. The minimum atomic E-state index is 0.608. The van der Waals surface area contributed by atoms with Gasteiger partial charge in [0.15, 0.2) is 0 Å². The molecule has 2 heteroatoms. The van der Waals surface area contributed by atoms with E-state index in [0.29, 0.717) is 5.41 Å². The molecule has 2 unspecified atom stereocenters. The molecule has 16 heavy (non-hydrogen) atoms. The highest BCUT2D eigenvalue weighted by atomic mass is 16.5. The van der Waals surface area contributed by atoms with Crippen molar-refractivity contribution in [1.82, 2.24) is 5.32 Å². The molecule has 0 aromatic heterocycles. The Balaban J connectivity index is 1.66. The van der Waals surface area contributed by atoms with E-state index in [9.17, 15) is 0 Å². The van der Waals surface area contributed by atoms with Crippen LogP contribution in [0.4, 0.5) is 0 Å². The van der Waals surface area contributed by atoms with Crippen molar-refractivity contribution in [1.29, 1.82) is 0 Å². The Labute approximate surface area is 100 Å². The van der Waals surface area contributed by atoms with Crippen LogP contribution in [0.3, 0.4) is 0 Å². The fourth-order valence-corrected chi connectivity index (χ4v) is 2.99. The van der Waals surface area contributed by atoms with Crippen molar-refractivity contribution in [2.45, 2.75) is 57.9 Å². The normalized spacial score (nSPS) is 32.6. The lowest BCUT2D eigenvalue weighted by atomic mass is 9.86. The summed E-state index contributed by atoms with van der Waals surface area (Å²) in [6.45, 7) is 4.56. The van der Waals surface area contributed by atoms with Gasteiger partial charge in [0.2, 0.25) is 0 Å². The van der Waals surface area contributed by atoms with Gasteiger partial charge in [0.1, 0.15) is 0 Å². The first-order chi connectivity index (χ1) is 7.74. The molecule has 0 radical (unpaired) electrons. The molecule has 0 aromatic carbocycles. The van der Waals surface area contributed by atoms with Crippen LogP contribution < -0.4 is 5.32 Å². The third-order valence-electron chi connectivity index (χ3n) is 4.50. The maximum Gasteiger partial charge on any atom is 0.0468 e. The summed E-state index contributed by atoms with van der Waals surface area (Å²) in [4.78, 5) is 0. The van der Waals surface area contributed by atoms with Gasteiger partial charge in [-0.15, -0.1) is 0 Å². The molecule has 2 aliphatic carbocycles. The standard InChI is InChI=1S/C14H27NO/c1-12-4-3-5-13(10-12)15-11-14(6-7-14)8-9-16-2/h12-13,15H,3-11H2,1-2H3. The van der Waals surface area contributed by atoms with Crippen LogP contribution >= 0.6 is 0 Å². The number of nitrogens with one attached hydrogen (secondary N) is 1. The largest absolute Gasteiger partial charge is 0.385 e. The fourth-order valence-electron chi connectivity index (χ4n) is 2.99. The Morgan fingerprint density at radius 1 is 1.31 bits per heavy atom. The van der Waals surface area contributed by atoms with Crippen LogP contribution in [0.2, 0.25) is 0 Å². The average Bonchev–Trinajstić information content (AvgIpc) is 3.05. The fraction of sp³-hybridized carbons (Fsp3) is 1.00. The van der Waals surface area contributed by atoms with Gasteiger partial charge < -0.3 is 10.1 Å². The molecule has 0 spiro atoms. The summed E-state index contributed by atoms with van der Waals surface area (Å²) in [6.07, 6.45) is 9.71. The van der Waals surface area contributed by atoms with Crippen molar-refractivity contribution < 1.29 is 4.74 Å². The van der Waals surface area contributed by atoms with E-state index in [1.54, 1.807) is 0 Å². The van der Waals surface area contributed by atoms with E-state index in [-0.39, 0.29) is 0 Å². The SMILES string of the molecule is COCCC1(CNC2CCCC(C)C2)CC1. The predicted molar refractivity (Wildman–Crippen MR) is 67.6 cm³/mol. The second-order valence-electron chi connectivity index (χ2n) is 6.09. The highest BCUT2D eigenvalue weighted by Gasteiger charge is 2.42. The van der Waals surface area contributed by atoms with E-state index >= 15 is 0 Å². The second kappa shape index (κ2) is 5.50. The van der Waals surface area contributed by atoms with Crippen molar-refractivity contribution in [3.63, 3.8) is 0 Å². The Bertz CT molecular complexity index is 213. The molecule has 2 atom stereocenters. The minimum Gasteiger partial charge on any atom is -0.385 e. The van der Waals surface area contributed by atoms with E-state index in [1.807, 2.05) is 7.11 Å². The number of methoxy groups -OCH3 is 1. The van der Waals surface area contributed by atoms with Gasteiger partial charge in [0.25, 0.3) is 0 Å². The number of hydrogen-bond acceptors (Lipinski definition) is 2. The lowest BCUT2D eigenvalue weighted by Crippen LogP contribution is -2.37. The first kappa shape index (κ1) is 12.4. The van der Waals surface area contributed by atoms with E-state index in [0.717, 1.165) is 18.6 Å². The van der Waals surface area contributed by atoms with Gasteiger partial charge in [-0.3, -0.25) is 0 Å². The summed E-state index contributed by atoms with van der Waals surface area (Å²) in [6, 6.07) is 0.795. The Morgan fingerprint density at radius 3 is 2.75 bits per heavy atom. The van der Waals surface area contributed by atoms with Crippen molar-refractivity contribution in [2.24, 2.45) is 11.3 Å². The molecule has 2 saturated carbocycles. The van der Waals surface area contributed by atoms with Crippen LogP contribution in [0.25, 0.3) is 0 Å². The molecule has 0 heterocycles. The van der Waals surface area contributed by atoms with Gasteiger partial charge >= 0.3 is 0 Å². The molecular weight excluding hydrogens is 198 g/mol. The molecule has 0 amide bonds. The van der Waals surface area contributed by atoms with Gasteiger partial charge in [-0.05, 0) is 43.4 Å². The van der Waals surface area contributed by atoms with E-state index in [4.69, 9.17) is 4.74 Å².